The van der Waals surface area contributed by atoms with Gasteiger partial charge in [0.2, 0.25) is 10.0 Å². The van der Waals surface area contributed by atoms with Gasteiger partial charge < -0.3 is 4.90 Å². The van der Waals surface area contributed by atoms with Gasteiger partial charge in [0, 0.05) is 29.7 Å². The molecule has 1 aliphatic rings. The van der Waals surface area contributed by atoms with E-state index >= 15 is 0 Å². The quantitative estimate of drug-likeness (QED) is 0.415. The Morgan fingerprint density at radius 1 is 0.844 bits per heavy atom. The van der Waals surface area contributed by atoms with Crippen molar-refractivity contribution in [1.82, 2.24) is 4.31 Å². The van der Waals surface area contributed by atoms with Crippen LogP contribution in [-0.2, 0) is 10.0 Å². The Hall–Kier alpha value is -1.90. The average Bonchev–Trinajstić information content (AvgIpc) is 2.76. The third-order valence-corrected chi connectivity index (χ3v) is 8.00. The number of rotatable bonds is 4. The number of anilines is 1. The molecule has 4 nitrogen and oxygen atoms in total. The van der Waals surface area contributed by atoms with Crippen LogP contribution in [0.2, 0.25) is 15.1 Å². The summed E-state index contributed by atoms with van der Waals surface area (Å²) in [6.07, 6.45) is 0. The fraction of sp³-hybridized carbons (Fsp3) is 0.182. The topological polar surface area (TPSA) is 40.6 Å². The minimum Gasteiger partial charge on any atom is -0.361 e. The molecule has 10 heteroatoms. The van der Waals surface area contributed by atoms with Gasteiger partial charge in [-0.1, -0.05) is 46.9 Å². The van der Waals surface area contributed by atoms with Gasteiger partial charge in [-0.15, -0.1) is 0 Å². The van der Waals surface area contributed by atoms with Crippen molar-refractivity contribution >= 4 is 50.5 Å². The largest absolute Gasteiger partial charge is 0.361 e. The summed E-state index contributed by atoms with van der Waals surface area (Å²) < 4.78 is 55.5. The van der Waals surface area contributed by atoms with E-state index in [2.05, 4.69) is 0 Å². The molecule has 1 saturated heterocycles. The fourth-order valence-electron chi connectivity index (χ4n) is 3.76. The molecule has 3 aromatic carbocycles. The Labute approximate surface area is 200 Å². The van der Waals surface area contributed by atoms with E-state index in [9.17, 15) is 17.2 Å². The minimum absolute atomic E-state index is 0.00112. The Morgan fingerprint density at radius 3 is 2.22 bits per heavy atom. The van der Waals surface area contributed by atoms with Crippen LogP contribution >= 0.6 is 34.8 Å². The summed E-state index contributed by atoms with van der Waals surface area (Å²) in [4.78, 5) is 1.28. The van der Waals surface area contributed by atoms with E-state index in [1.165, 1.54) is 0 Å². The first kappa shape index (κ1) is 23.3. The van der Waals surface area contributed by atoms with Crippen LogP contribution in [0.15, 0.2) is 65.6 Å². The zero-order valence-electron chi connectivity index (χ0n) is 16.5. The molecular weight excluding hydrogens is 501 g/mol. The maximum atomic E-state index is 14.3. The van der Waals surface area contributed by atoms with Gasteiger partial charge >= 0.3 is 0 Å². The van der Waals surface area contributed by atoms with Crippen molar-refractivity contribution < 1.29 is 17.2 Å². The molecule has 0 saturated carbocycles. The van der Waals surface area contributed by atoms with Crippen LogP contribution in [0.1, 0.15) is 11.6 Å². The monoisotopic (exact) mass is 516 g/mol. The van der Waals surface area contributed by atoms with Gasteiger partial charge in [0.05, 0.1) is 16.8 Å². The number of hydrogen-bond acceptors (Lipinski definition) is 3. The molecule has 1 fully saturated rings. The molecule has 1 atom stereocenters. The second-order valence-electron chi connectivity index (χ2n) is 7.29. The Balaban J connectivity index is 1.74. The number of hydrogen-bond donors (Lipinski definition) is 0. The molecule has 0 spiro atoms. The molecule has 1 heterocycles. The van der Waals surface area contributed by atoms with E-state index in [0.717, 1.165) is 22.0 Å². The van der Waals surface area contributed by atoms with Crippen LogP contribution in [0.5, 0.6) is 0 Å². The maximum absolute atomic E-state index is 14.3. The van der Waals surface area contributed by atoms with Crippen molar-refractivity contribution in [3.05, 3.63) is 92.9 Å². The van der Waals surface area contributed by atoms with Crippen molar-refractivity contribution in [3.8, 4) is 0 Å². The van der Waals surface area contributed by atoms with Crippen LogP contribution in [0.3, 0.4) is 0 Å². The minimum atomic E-state index is -4.28. The SMILES string of the molecule is O=S(=O)(c1cc(F)ccc1F)N1CCN(c2ccc(Cl)cc2Cl)C(c2ccc(Cl)cc2)C1. The smallest absolute Gasteiger partial charge is 0.246 e. The molecule has 4 rings (SSSR count). The third-order valence-electron chi connectivity index (χ3n) is 5.33. The first-order valence-corrected chi connectivity index (χ1v) is 12.2. The van der Waals surface area contributed by atoms with Gasteiger partial charge in [-0.2, -0.15) is 4.31 Å². The summed E-state index contributed by atoms with van der Waals surface area (Å²) in [5.74, 6) is -1.83. The lowest BCUT2D eigenvalue weighted by molar-refractivity contribution is 0.334. The highest BCUT2D eigenvalue weighted by molar-refractivity contribution is 7.89. The molecular formula is C22H17Cl3F2N2O2S. The maximum Gasteiger partial charge on any atom is 0.246 e. The first-order valence-electron chi connectivity index (χ1n) is 9.59. The number of sulfonamides is 1. The van der Waals surface area contributed by atoms with Crippen LogP contribution in [-0.4, -0.2) is 32.4 Å². The van der Waals surface area contributed by atoms with Crippen LogP contribution in [0.4, 0.5) is 14.5 Å². The van der Waals surface area contributed by atoms with Crippen LogP contribution < -0.4 is 4.90 Å². The van der Waals surface area contributed by atoms with Gasteiger partial charge in [-0.05, 0) is 54.1 Å². The highest BCUT2D eigenvalue weighted by Crippen LogP contribution is 2.38. The van der Waals surface area contributed by atoms with E-state index in [1.54, 1.807) is 42.5 Å². The highest BCUT2D eigenvalue weighted by atomic mass is 35.5. The fourth-order valence-corrected chi connectivity index (χ4v) is 5.92. The third kappa shape index (κ3) is 4.58. The summed E-state index contributed by atoms with van der Waals surface area (Å²) in [6, 6.07) is 14.0. The van der Waals surface area contributed by atoms with E-state index in [4.69, 9.17) is 34.8 Å². The van der Waals surface area contributed by atoms with Gasteiger partial charge in [0.15, 0.2) is 0 Å². The lowest BCUT2D eigenvalue weighted by Gasteiger charge is -2.42. The molecule has 0 aliphatic carbocycles. The summed E-state index contributed by atoms with van der Waals surface area (Å²) in [5, 5.41) is 1.43. The number of nitrogens with zero attached hydrogens (tertiary/aromatic N) is 2. The van der Waals surface area contributed by atoms with Crippen molar-refractivity contribution in [1.29, 1.82) is 0 Å². The van der Waals surface area contributed by atoms with E-state index in [-0.39, 0.29) is 19.6 Å². The Morgan fingerprint density at radius 2 is 1.53 bits per heavy atom. The van der Waals surface area contributed by atoms with Crippen molar-refractivity contribution in [2.45, 2.75) is 10.9 Å². The van der Waals surface area contributed by atoms with Crippen molar-refractivity contribution in [3.63, 3.8) is 0 Å². The second-order valence-corrected chi connectivity index (χ2v) is 10.5. The standard InChI is InChI=1S/C22H17Cl3F2N2O2S/c23-15-3-1-14(2-4-15)21-13-28(32(30,31)22-12-17(26)6-7-19(22)27)9-10-29(21)20-8-5-16(24)11-18(20)25/h1-8,11-12,21H,9-10,13H2. The zero-order chi connectivity index (χ0) is 23.0. The second kappa shape index (κ2) is 9.15. The molecule has 3 aromatic rings. The van der Waals surface area contributed by atoms with Crippen LogP contribution in [0, 0.1) is 11.6 Å². The summed E-state index contributed by atoms with van der Waals surface area (Å²) in [7, 11) is -4.28. The van der Waals surface area contributed by atoms with Crippen molar-refractivity contribution in [2.75, 3.05) is 24.5 Å². The zero-order valence-corrected chi connectivity index (χ0v) is 19.6. The molecule has 32 heavy (non-hydrogen) atoms. The normalized spacial score (nSPS) is 17.5. The summed E-state index contributed by atoms with van der Waals surface area (Å²) in [5.41, 5.74) is 1.48. The van der Waals surface area contributed by atoms with Crippen LogP contribution in [0.25, 0.3) is 0 Å². The molecule has 168 valence electrons. The molecule has 0 aromatic heterocycles. The predicted octanol–water partition coefficient (Wildman–Crippen LogP) is 6.18. The molecule has 0 radical (unpaired) electrons. The number of piperazine rings is 1. The molecule has 0 bridgehead atoms. The number of halogens is 5. The van der Waals surface area contributed by atoms with E-state index in [0.29, 0.717) is 26.8 Å². The van der Waals surface area contributed by atoms with Crippen molar-refractivity contribution in [2.24, 2.45) is 0 Å². The lowest BCUT2D eigenvalue weighted by atomic mass is 10.0. The van der Waals surface area contributed by atoms with Gasteiger partial charge in [0.25, 0.3) is 0 Å². The van der Waals surface area contributed by atoms with Gasteiger partial charge in [-0.3, -0.25) is 0 Å². The summed E-state index contributed by atoms with van der Waals surface area (Å²) >= 11 is 18.5. The predicted molar refractivity (Wildman–Crippen MR) is 123 cm³/mol. The van der Waals surface area contributed by atoms with E-state index in [1.807, 2.05) is 4.90 Å². The lowest BCUT2D eigenvalue weighted by Crippen LogP contribution is -2.50. The van der Waals surface area contributed by atoms with Gasteiger partial charge in [0.1, 0.15) is 16.5 Å². The highest BCUT2D eigenvalue weighted by Gasteiger charge is 2.37. The van der Waals surface area contributed by atoms with E-state index < -0.39 is 32.6 Å². The Kier molecular flexibility index (Phi) is 6.66. The summed E-state index contributed by atoms with van der Waals surface area (Å²) in [6.45, 7) is 0.324. The Bertz CT molecular complexity index is 1260. The number of benzene rings is 3. The first-order chi connectivity index (χ1) is 15.2. The molecule has 0 amide bonds. The molecule has 1 unspecified atom stereocenters. The molecule has 1 aliphatic heterocycles. The molecule has 0 N–H and O–H groups in total. The average molecular weight is 518 g/mol. The van der Waals surface area contributed by atoms with Gasteiger partial charge in [-0.25, -0.2) is 17.2 Å².